The molecular weight excluding hydrogens is 410 g/mol. The Hall–Kier alpha value is -3.06. The van der Waals surface area contributed by atoms with Gasteiger partial charge in [-0.3, -0.25) is 9.59 Å². The van der Waals surface area contributed by atoms with E-state index in [1.807, 2.05) is 67.6 Å². The van der Waals surface area contributed by atoms with Crippen LogP contribution in [0.5, 0.6) is 0 Å². The number of carbonyl (C=O) groups excluding carboxylic acids is 2. The van der Waals surface area contributed by atoms with Crippen LogP contribution in [0.25, 0.3) is 0 Å². The molecule has 1 aromatic heterocycles. The quantitative estimate of drug-likeness (QED) is 0.565. The SMILES string of the molecule is Cc1cc(CSc2ccccc2C(=O)N2CCCC(C(=O)Nc3ccccc3)C2)on1. The van der Waals surface area contributed by atoms with Gasteiger partial charge in [0.25, 0.3) is 5.91 Å². The summed E-state index contributed by atoms with van der Waals surface area (Å²) in [7, 11) is 0. The summed E-state index contributed by atoms with van der Waals surface area (Å²) < 4.78 is 5.28. The van der Waals surface area contributed by atoms with Crippen LogP contribution >= 0.6 is 11.8 Å². The molecule has 1 aliphatic rings. The van der Waals surface area contributed by atoms with Gasteiger partial charge in [0.05, 0.1) is 22.9 Å². The number of para-hydroxylation sites is 1. The van der Waals surface area contributed by atoms with E-state index >= 15 is 0 Å². The minimum atomic E-state index is -0.213. The molecular formula is C24H25N3O3S. The first-order valence-corrected chi connectivity index (χ1v) is 11.4. The zero-order chi connectivity index (χ0) is 21.6. The first-order chi connectivity index (χ1) is 15.1. The standard InChI is InChI=1S/C24H25N3O3S/c1-17-14-20(30-26-17)16-31-22-12-6-5-11-21(22)24(29)27-13-7-8-18(15-27)23(28)25-19-9-3-2-4-10-19/h2-6,9-12,14,18H,7-8,13,15-16H2,1H3,(H,25,28). The van der Waals surface area contributed by atoms with Gasteiger partial charge in [-0.1, -0.05) is 35.5 Å². The number of thioether (sulfide) groups is 1. The molecule has 160 valence electrons. The van der Waals surface area contributed by atoms with Gasteiger partial charge in [0.15, 0.2) is 0 Å². The number of carbonyl (C=O) groups is 2. The van der Waals surface area contributed by atoms with Gasteiger partial charge < -0.3 is 14.7 Å². The predicted octanol–water partition coefficient (Wildman–Crippen LogP) is 4.77. The maximum absolute atomic E-state index is 13.3. The van der Waals surface area contributed by atoms with Gasteiger partial charge in [-0.15, -0.1) is 11.8 Å². The molecule has 0 radical (unpaired) electrons. The van der Waals surface area contributed by atoms with E-state index in [9.17, 15) is 9.59 Å². The Bertz CT molecular complexity index is 1050. The third kappa shape index (κ3) is 5.35. The summed E-state index contributed by atoms with van der Waals surface area (Å²) in [6.07, 6.45) is 1.59. The van der Waals surface area contributed by atoms with E-state index in [-0.39, 0.29) is 17.7 Å². The van der Waals surface area contributed by atoms with E-state index in [2.05, 4.69) is 10.5 Å². The minimum Gasteiger partial charge on any atom is -0.360 e. The van der Waals surface area contributed by atoms with Crippen molar-refractivity contribution in [2.24, 2.45) is 5.92 Å². The highest BCUT2D eigenvalue weighted by atomic mass is 32.2. The lowest BCUT2D eigenvalue weighted by atomic mass is 9.96. The molecule has 0 aliphatic carbocycles. The van der Waals surface area contributed by atoms with Crippen LogP contribution in [0, 0.1) is 12.8 Å². The van der Waals surface area contributed by atoms with Gasteiger partial charge in [0.1, 0.15) is 5.76 Å². The molecule has 3 aromatic rings. The molecule has 1 saturated heterocycles. The Kier molecular flexibility index (Phi) is 6.72. The lowest BCUT2D eigenvalue weighted by Gasteiger charge is -2.32. The molecule has 31 heavy (non-hydrogen) atoms. The molecule has 2 aromatic carbocycles. The van der Waals surface area contributed by atoms with Crippen LogP contribution in [0.3, 0.4) is 0 Å². The fraction of sp³-hybridized carbons (Fsp3) is 0.292. The van der Waals surface area contributed by atoms with Crippen molar-refractivity contribution in [3.8, 4) is 0 Å². The van der Waals surface area contributed by atoms with Crippen LogP contribution in [-0.4, -0.2) is 35.0 Å². The minimum absolute atomic E-state index is 0.0333. The second-order valence-electron chi connectivity index (χ2n) is 7.67. The van der Waals surface area contributed by atoms with Crippen molar-refractivity contribution in [2.75, 3.05) is 18.4 Å². The number of amides is 2. The first kappa shape index (κ1) is 21.2. The van der Waals surface area contributed by atoms with Crippen molar-refractivity contribution in [3.05, 3.63) is 77.7 Å². The van der Waals surface area contributed by atoms with E-state index in [0.717, 1.165) is 34.9 Å². The zero-order valence-corrected chi connectivity index (χ0v) is 18.2. The van der Waals surface area contributed by atoms with Crippen LogP contribution < -0.4 is 5.32 Å². The average molecular weight is 436 g/mol. The number of hydrogen-bond acceptors (Lipinski definition) is 5. The number of anilines is 1. The number of likely N-dealkylation sites (tertiary alicyclic amines) is 1. The fourth-order valence-electron chi connectivity index (χ4n) is 3.71. The molecule has 4 rings (SSSR count). The second-order valence-corrected chi connectivity index (χ2v) is 8.68. The molecule has 1 aliphatic heterocycles. The van der Waals surface area contributed by atoms with Crippen LogP contribution in [0.15, 0.2) is 70.1 Å². The van der Waals surface area contributed by atoms with Crippen LogP contribution in [0.4, 0.5) is 5.69 Å². The van der Waals surface area contributed by atoms with Crippen LogP contribution in [-0.2, 0) is 10.5 Å². The molecule has 0 spiro atoms. The largest absolute Gasteiger partial charge is 0.360 e. The van der Waals surface area contributed by atoms with Crippen molar-refractivity contribution in [2.45, 2.75) is 30.4 Å². The van der Waals surface area contributed by atoms with E-state index in [4.69, 9.17) is 4.52 Å². The zero-order valence-electron chi connectivity index (χ0n) is 17.4. The van der Waals surface area contributed by atoms with Gasteiger partial charge in [-0.2, -0.15) is 0 Å². The number of piperidine rings is 1. The molecule has 6 nitrogen and oxygen atoms in total. The van der Waals surface area contributed by atoms with Gasteiger partial charge in [-0.25, -0.2) is 0 Å². The third-order valence-electron chi connectivity index (χ3n) is 5.28. The molecule has 1 N–H and O–H groups in total. The summed E-state index contributed by atoms with van der Waals surface area (Å²) in [6.45, 7) is 2.97. The van der Waals surface area contributed by atoms with Crippen LogP contribution in [0.1, 0.15) is 34.7 Å². The van der Waals surface area contributed by atoms with Crippen molar-refractivity contribution in [1.29, 1.82) is 0 Å². The number of nitrogens with one attached hydrogen (secondary N) is 1. The Morgan fingerprint density at radius 1 is 1.16 bits per heavy atom. The molecule has 7 heteroatoms. The summed E-state index contributed by atoms with van der Waals surface area (Å²) in [5, 5.41) is 6.88. The van der Waals surface area contributed by atoms with Crippen LogP contribution in [0.2, 0.25) is 0 Å². The molecule has 1 atom stereocenters. The summed E-state index contributed by atoms with van der Waals surface area (Å²) in [5.74, 6) is 1.10. The molecule has 1 unspecified atom stereocenters. The molecule has 2 heterocycles. The lowest BCUT2D eigenvalue weighted by Crippen LogP contribution is -2.43. The number of hydrogen-bond donors (Lipinski definition) is 1. The number of nitrogens with zero attached hydrogens (tertiary/aromatic N) is 2. The lowest BCUT2D eigenvalue weighted by molar-refractivity contribution is -0.121. The van der Waals surface area contributed by atoms with E-state index in [1.54, 1.807) is 16.7 Å². The molecule has 2 amide bonds. The highest BCUT2D eigenvalue weighted by molar-refractivity contribution is 7.98. The topological polar surface area (TPSA) is 75.4 Å². The van der Waals surface area contributed by atoms with Gasteiger partial charge in [-0.05, 0) is 44.0 Å². The maximum Gasteiger partial charge on any atom is 0.255 e. The summed E-state index contributed by atoms with van der Waals surface area (Å²) in [4.78, 5) is 28.7. The summed E-state index contributed by atoms with van der Waals surface area (Å²) >= 11 is 1.55. The summed E-state index contributed by atoms with van der Waals surface area (Å²) in [5.41, 5.74) is 2.28. The average Bonchev–Trinajstić information content (AvgIpc) is 3.23. The van der Waals surface area contributed by atoms with Crippen molar-refractivity contribution >= 4 is 29.3 Å². The Balaban J connectivity index is 1.42. The second kappa shape index (κ2) is 9.83. The van der Waals surface area contributed by atoms with Gasteiger partial charge in [0, 0.05) is 29.7 Å². The fourth-order valence-corrected chi connectivity index (χ4v) is 4.63. The van der Waals surface area contributed by atoms with Crippen molar-refractivity contribution < 1.29 is 14.1 Å². The number of benzene rings is 2. The highest BCUT2D eigenvalue weighted by Gasteiger charge is 2.29. The number of aryl methyl sites for hydroxylation is 1. The maximum atomic E-state index is 13.3. The van der Waals surface area contributed by atoms with E-state index in [1.165, 1.54) is 0 Å². The van der Waals surface area contributed by atoms with Gasteiger partial charge in [0.2, 0.25) is 5.91 Å². The molecule has 0 saturated carbocycles. The van der Waals surface area contributed by atoms with E-state index in [0.29, 0.717) is 24.4 Å². The number of aromatic nitrogens is 1. The number of rotatable bonds is 6. The normalized spacial score (nSPS) is 16.2. The van der Waals surface area contributed by atoms with Crippen molar-refractivity contribution in [1.82, 2.24) is 10.1 Å². The predicted molar refractivity (Wildman–Crippen MR) is 121 cm³/mol. The Morgan fingerprint density at radius 2 is 1.94 bits per heavy atom. The van der Waals surface area contributed by atoms with Gasteiger partial charge >= 0.3 is 0 Å². The third-order valence-corrected chi connectivity index (χ3v) is 6.38. The smallest absolute Gasteiger partial charge is 0.255 e. The monoisotopic (exact) mass is 435 g/mol. The van der Waals surface area contributed by atoms with Crippen molar-refractivity contribution in [3.63, 3.8) is 0 Å². The summed E-state index contributed by atoms with van der Waals surface area (Å²) in [6, 6.07) is 18.9. The van der Waals surface area contributed by atoms with E-state index < -0.39 is 0 Å². The Morgan fingerprint density at radius 3 is 2.71 bits per heavy atom. The Labute approximate surface area is 186 Å². The molecule has 0 bridgehead atoms. The first-order valence-electron chi connectivity index (χ1n) is 10.4. The molecule has 1 fully saturated rings. The highest BCUT2D eigenvalue weighted by Crippen LogP contribution is 2.29.